The van der Waals surface area contributed by atoms with E-state index in [9.17, 15) is 4.79 Å². The summed E-state index contributed by atoms with van der Waals surface area (Å²) in [6, 6.07) is 3.95. The highest BCUT2D eigenvalue weighted by molar-refractivity contribution is 5.72. The normalized spacial score (nSPS) is 10.8. The second kappa shape index (κ2) is 4.26. The minimum Gasteiger partial charge on any atom is -0.343 e. The Hall–Kier alpha value is -1.05. The molecule has 0 amide bonds. The highest BCUT2D eigenvalue weighted by Crippen LogP contribution is 2.12. The number of nitrogens with zero attached hydrogens (tertiary/aromatic N) is 1. The van der Waals surface area contributed by atoms with Crippen molar-refractivity contribution in [1.82, 2.24) is 4.57 Å². The highest BCUT2D eigenvalue weighted by atomic mass is 16.1. The number of carbonyl (C=O) groups is 1. The number of aldehydes is 1. The molecule has 0 spiro atoms. The van der Waals surface area contributed by atoms with Gasteiger partial charge >= 0.3 is 0 Å². The van der Waals surface area contributed by atoms with Crippen LogP contribution >= 0.6 is 0 Å². The fraction of sp³-hybridized carbons (Fsp3) is 0.545. The molecule has 0 aliphatic rings. The predicted octanol–water partition coefficient (Wildman–Crippen LogP) is 2.52. The van der Waals surface area contributed by atoms with E-state index in [4.69, 9.17) is 0 Å². The van der Waals surface area contributed by atoms with Gasteiger partial charge in [-0.1, -0.05) is 13.8 Å². The summed E-state index contributed by atoms with van der Waals surface area (Å²) in [5.41, 5.74) is 2.05. The largest absolute Gasteiger partial charge is 0.343 e. The van der Waals surface area contributed by atoms with E-state index in [-0.39, 0.29) is 0 Å². The molecule has 0 saturated heterocycles. The number of hydrogen-bond acceptors (Lipinski definition) is 1. The van der Waals surface area contributed by atoms with Gasteiger partial charge in [0.05, 0.1) is 5.69 Å². The van der Waals surface area contributed by atoms with Crippen LogP contribution in [-0.4, -0.2) is 10.9 Å². The summed E-state index contributed by atoms with van der Waals surface area (Å²) in [6.07, 6.45) is 1.97. The van der Waals surface area contributed by atoms with Crippen molar-refractivity contribution in [2.24, 2.45) is 5.92 Å². The molecule has 1 rings (SSSR count). The van der Waals surface area contributed by atoms with Gasteiger partial charge in [0.2, 0.25) is 0 Å². The molecule has 1 aromatic heterocycles. The zero-order chi connectivity index (χ0) is 9.84. The molecule has 1 heterocycles. The molecule has 0 unspecified atom stereocenters. The molecule has 1 aromatic rings. The van der Waals surface area contributed by atoms with Crippen LogP contribution in [0.3, 0.4) is 0 Å². The van der Waals surface area contributed by atoms with E-state index in [1.807, 2.05) is 12.1 Å². The molecule has 0 aliphatic heterocycles. The summed E-state index contributed by atoms with van der Waals surface area (Å²) in [6.45, 7) is 7.32. The molecular formula is C11H17NO. The van der Waals surface area contributed by atoms with Crippen molar-refractivity contribution in [3.8, 4) is 0 Å². The summed E-state index contributed by atoms with van der Waals surface area (Å²) < 4.78 is 2.08. The van der Waals surface area contributed by atoms with Gasteiger partial charge in [0.25, 0.3) is 0 Å². The second-order valence-electron chi connectivity index (χ2n) is 3.71. The van der Waals surface area contributed by atoms with Crippen LogP contribution in [0.5, 0.6) is 0 Å². The number of aromatic nitrogens is 1. The lowest BCUT2D eigenvalue weighted by Gasteiger charge is -2.09. The van der Waals surface area contributed by atoms with Crippen LogP contribution in [0.4, 0.5) is 0 Å². The van der Waals surface area contributed by atoms with Crippen LogP contribution < -0.4 is 0 Å². The van der Waals surface area contributed by atoms with E-state index < -0.39 is 0 Å². The van der Waals surface area contributed by atoms with Crippen LogP contribution in [0.15, 0.2) is 12.1 Å². The number of rotatable bonds is 4. The Balaban J connectivity index is 2.93. The average molecular weight is 179 g/mol. The van der Waals surface area contributed by atoms with Crippen molar-refractivity contribution >= 4 is 6.29 Å². The molecule has 13 heavy (non-hydrogen) atoms. The van der Waals surface area contributed by atoms with Crippen LogP contribution in [0.25, 0.3) is 0 Å². The Bertz CT molecular complexity index is 286. The van der Waals surface area contributed by atoms with Gasteiger partial charge in [-0.05, 0) is 31.4 Å². The molecule has 0 N–H and O–H groups in total. The molecule has 2 nitrogen and oxygen atoms in total. The van der Waals surface area contributed by atoms with Crippen molar-refractivity contribution in [1.29, 1.82) is 0 Å². The number of hydrogen-bond donors (Lipinski definition) is 0. The third-order valence-electron chi connectivity index (χ3n) is 2.16. The molecule has 2 heteroatoms. The first-order valence-electron chi connectivity index (χ1n) is 4.82. The standard InChI is InChI=1S/C11H17NO/c1-4-12-10(7-9(2)3)5-6-11(12)8-13/h5-6,8-9H,4,7H2,1-3H3. The lowest BCUT2D eigenvalue weighted by atomic mass is 10.1. The molecule has 0 fully saturated rings. The van der Waals surface area contributed by atoms with Gasteiger partial charge < -0.3 is 4.57 Å². The van der Waals surface area contributed by atoms with Crippen LogP contribution in [-0.2, 0) is 13.0 Å². The van der Waals surface area contributed by atoms with Gasteiger partial charge in [0, 0.05) is 12.2 Å². The molecule has 0 aromatic carbocycles. The smallest absolute Gasteiger partial charge is 0.166 e. The zero-order valence-corrected chi connectivity index (χ0v) is 8.58. The summed E-state index contributed by atoms with van der Waals surface area (Å²) in [7, 11) is 0. The predicted molar refractivity (Wildman–Crippen MR) is 54.0 cm³/mol. The molecule has 0 atom stereocenters. The van der Waals surface area contributed by atoms with E-state index in [1.54, 1.807) is 0 Å². The fourth-order valence-electron chi connectivity index (χ4n) is 1.61. The van der Waals surface area contributed by atoms with Crippen LogP contribution in [0.1, 0.15) is 37.0 Å². The van der Waals surface area contributed by atoms with Crippen molar-refractivity contribution < 1.29 is 4.79 Å². The van der Waals surface area contributed by atoms with Crippen molar-refractivity contribution in [2.75, 3.05) is 0 Å². The highest BCUT2D eigenvalue weighted by Gasteiger charge is 2.06. The van der Waals surface area contributed by atoms with Gasteiger partial charge in [-0.2, -0.15) is 0 Å². The van der Waals surface area contributed by atoms with Gasteiger partial charge in [0.1, 0.15) is 0 Å². The third kappa shape index (κ3) is 2.20. The number of carbonyl (C=O) groups excluding carboxylic acids is 1. The monoisotopic (exact) mass is 179 g/mol. The first-order valence-corrected chi connectivity index (χ1v) is 4.82. The van der Waals surface area contributed by atoms with Crippen molar-refractivity contribution in [2.45, 2.75) is 33.7 Å². The molecule has 0 aliphatic carbocycles. The van der Waals surface area contributed by atoms with Crippen molar-refractivity contribution in [3.63, 3.8) is 0 Å². The lowest BCUT2D eigenvalue weighted by Crippen LogP contribution is -2.06. The van der Waals surface area contributed by atoms with Gasteiger partial charge in [0.15, 0.2) is 6.29 Å². The quantitative estimate of drug-likeness (QED) is 0.651. The Kier molecular flexibility index (Phi) is 3.29. The molecule has 0 radical (unpaired) electrons. The molecule has 0 saturated carbocycles. The minimum absolute atomic E-state index is 0.639. The van der Waals surface area contributed by atoms with Crippen molar-refractivity contribution in [3.05, 3.63) is 23.5 Å². The van der Waals surface area contributed by atoms with Crippen LogP contribution in [0, 0.1) is 5.92 Å². The Labute approximate surface area is 79.6 Å². The summed E-state index contributed by atoms with van der Waals surface area (Å²) in [4.78, 5) is 10.7. The second-order valence-corrected chi connectivity index (χ2v) is 3.71. The summed E-state index contributed by atoms with van der Waals surface area (Å²) in [5.74, 6) is 0.639. The van der Waals surface area contributed by atoms with Gasteiger partial charge in [-0.15, -0.1) is 0 Å². The van der Waals surface area contributed by atoms with E-state index in [1.165, 1.54) is 5.69 Å². The molecule has 0 bridgehead atoms. The topological polar surface area (TPSA) is 22.0 Å². The average Bonchev–Trinajstić information content (AvgIpc) is 2.45. The Morgan fingerprint density at radius 1 is 1.46 bits per heavy atom. The van der Waals surface area contributed by atoms with E-state index in [0.717, 1.165) is 24.9 Å². The first kappa shape index (κ1) is 10.0. The third-order valence-corrected chi connectivity index (χ3v) is 2.16. The maximum atomic E-state index is 10.7. The maximum Gasteiger partial charge on any atom is 0.166 e. The SMILES string of the molecule is CCn1c(C=O)ccc1CC(C)C. The van der Waals surface area contributed by atoms with Crippen LogP contribution in [0.2, 0.25) is 0 Å². The van der Waals surface area contributed by atoms with Gasteiger partial charge in [-0.25, -0.2) is 0 Å². The first-order chi connectivity index (χ1) is 6.19. The zero-order valence-electron chi connectivity index (χ0n) is 8.58. The fourth-order valence-corrected chi connectivity index (χ4v) is 1.61. The van der Waals surface area contributed by atoms with Gasteiger partial charge in [-0.3, -0.25) is 4.79 Å². The Morgan fingerprint density at radius 3 is 2.62 bits per heavy atom. The maximum absolute atomic E-state index is 10.7. The minimum atomic E-state index is 0.639. The summed E-state index contributed by atoms with van der Waals surface area (Å²) >= 11 is 0. The molecule has 72 valence electrons. The van der Waals surface area contributed by atoms with E-state index >= 15 is 0 Å². The summed E-state index contributed by atoms with van der Waals surface area (Å²) in [5, 5.41) is 0. The van der Waals surface area contributed by atoms with E-state index in [2.05, 4.69) is 25.3 Å². The van der Waals surface area contributed by atoms with E-state index in [0.29, 0.717) is 5.92 Å². The molecular weight excluding hydrogens is 162 g/mol. The Morgan fingerprint density at radius 2 is 2.15 bits per heavy atom. The lowest BCUT2D eigenvalue weighted by molar-refractivity contribution is 0.111.